The fourth-order valence-electron chi connectivity index (χ4n) is 3.76. The van der Waals surface area contributed by atoms with Gasteiger partial charge in [-0.05, 0) is 24.4 Å². The monoisotopic (exact) mass is 394 g/mol. The molecule has 0 aliphatic carbocycles. The maximum Gasteiger partial charge on any atom is 0.163 e. The molecule has 0 bridgehead atoms. The van der Waals surface area contributed by atoms with Crippen LogP contribution in [0, 0.1) is 5.92 Å². The molecule has 2 atom stereocenters. The summed E-state index contributed by atoms with van der Waals surface area (Å²) < 4.78 is 1.88. The summed E-state index contributed by atoms with van der Waals surface area (Å²) in [6, 6.07) is 12.3. The van der Waals surface area contributed by atoms with Crippen molar-refractivity contribution in [2.24, 2.45) is 5.92 Å². The Hall–Kier alpha value is -2.64. The van der Waals surface area contributed by atoms with Gasteiger partial charge in [0.1, 0.15) is 11.6 Å². The van der Waals surface area contributed by atoms with Crippen molar-refractivity contribution in [1.82, 2.24) is 19.9 Å². The topological polar surface area (TPSA) is 86.5 Å². The summed E-state index contributed by atoms with van der Waals surface area (Å²) in [5.74, 6) is 2.27. The highest BCUT2D eigenvalue weighted by molar-refractivity contribution is 5.61. The minimum Gasteiger partial charge on any atom is -0.391 e. The van der Waals surface area contributed by atoms with Crippen LogP contribution in [0.5, 0.6) is 0 Å². The van der Waals surface area contributed by atoms with Crippen molar-refractivity contribution >= 4 is 17.3 Å². The van der Waals surface area contributed by atoms with E-state index in [-0.39, 0.29) is 12.0 Å². The highest BCUT2D eigenvalue weighted by atomic mass is 16.3. The van der Waals surface area contributed by atoms with E-state index in [9.17, 15) is 5.11 Å². The van der Waals surface area contributed by atoms with E-state index in [1.807, 2.05) is 35.0 Å². The third-order valence-corrected chi connectivity index (χ3v) is 5.57. The minimum atomic E-state index is -0.322. The van der Waals surface area contributed by atoms with Gasteiger partial charge in [0.05, 0.1) is 12.3 Å². The fraction of sp³-hybridized carbons (Fsp3) is 0.455. The van der Waals surface area contributed by atoms with E-state index in [0.29, 0.717) is 25.6 Å². The molecule has 154 valence electrons. The first-order valence-corrected chi connectivity index (χ1v) is 10.4. The molecule has 2 aromatic heterocycles. The summed E-state index contributed by atoms with van der Waals surface area (Å²) in [4.78, 5) is 4.83. The van der Waals surface area contributed by atoms with Crippen molar-refractivity contribution in [2.45, 2.75) is 38.8 Å². The maximum absolute atomic E-state index is 10.2. The third-order valence-electron chi connectivity index (χ3n) is 5.57. The molecule has 1 fully saturated rings. The second-order valence-electron chi connectivity index (χ2n) is 8.06. The Bertz CT molecular complexity index is 939. The molecule has 0 saturated carbocycles. The van der Waals surface area contributed by atoms with Crippen LogP contribution in [0.15, 0.2) is 42.6 Å². The molecule has 0 amide bonds. The molecule has 2 unspecified atom stereocenters. The van der Waals surface area contributed by atoms with Crippen molar-refractivity contribution in [3.63, 3.8) is 0 Å². The van der Waals surface area contributed by atoms with Crippen molar-refractivity contribution < 1.29 is 5.11 Å². The Morgan fingerprint density at radius 3 is 2.83 bits per heavy atom. The Morgan fingerprint density at radius 1 is 1.24 bits per heavy atom. The van der Waals surface area contributed by atoms with Gasteiger partial charge in [-0.3, -0.25) is 0 Å². The van der Waals surface area contributed by atoms with E-state index in [1.165, 1.54) is 5.56 Å². The predicted octanol–water partition coefficient (Wildman–Crippen LogP) is 2.85. The summed E-state index contributed by atoms with van der Waals surface area (Å²) in [5, 5.41) is 25.0. The first kappa shape index (κ1) is 19.7. The van der Waals surface area contributed by atoms with Crippen LogP contribution in [0.2, 0.25) is 0 Å². The van der Waals surface area contributed by atoms with Gasteiger partial charge in [0.2, 0.25) is 0 Å². The minimum absolute atomic E-state index is 0.226. The van der Waals surface area contributed by atoms with Crippen molar-refractivity contribution in [2.75, 3.05) is 30.3 Å². The first-order valence-electron chi connectivity index (χ1n) is 10.4. The molecule has 4 N–H and O–H groups in total. The van der Waals surface area contributed by atoms with Gasteiger partial charge in [0, 0.05) is 37.2 Å². The number of aliphatic hydroxyl groups excluding tert-OH is 1. The van der Waals surface area contributed by atoms with E-state index in [2.05, 4.69) is 47.0 Å². The highest BCUT2D eigenvalue weighted by Crippen LogP contribution is 2.25. The zero-order valence-electron chi connectivity index (χ0n) is 17.1. The Morgan fingerprint density at radius 2 is 2.07 bits per heavy atom. The van der Waals surface area contributed by atoms with E-state index in [0.717, 1.165) is 35.8 Å². The highest BCUT2D eigenvalue weighted by Gasteiger charge is 2.23. The molecule has 1 aliphatic heterocycles. The molecule has 1 aromatic carbocycles. The summed E-state index contributed by atoms with van der Waals surface area (Å²) in [6.45, 7) is 7.32. The van der Waals surface area contributed by atoms with Gasteiger partial charge in [-0.2, -0.15) is 9.61 Å². The number of aromatic nitrogens is 3. The molecule has 29 heavy (non-hydrogen) atoms. The number of fused-ring (bicyclic) bond motifs is 1. The second kappa shape index (κ2) is 8.80. The molecule has 3 aromatic rings. The number of anilines is 2. The summed E-state index contributed by atoms with van der Waals surface area (Å²) >= 11 is 0. The predicted molar refractivity (Wildman–Crippen MR) is 116 cm³/mol. The largest absolute Gasteiger partial charge is 0.391 e. The molecule has 3 heterocycles. The molecule has 1 aliphatic rings. The number of rotatable bonds is 7. The van der Waals surface area contributed by atoms with Gasteiger partial charge in [-0.15, -0.1) is 0 Å². The number of nitrogens with zero attached hydrogens (tertiary/aromatic N) is 3. The number of β-amino-alcohol motifs (C(OH)–C–C–N with tert-alkyl or cyclic N) is 1. The number of piperidine rings is 1. The Kier molecular flexibility index (Phi) is 5.97. The van der Waals surface area contributed by atoms with Crippen LogP contribution in [0.3, 0.4) is 0 Å². The number of hydrogen-bond donors (Lipinski definition) is 4. The normalized spacial score (nSPS) is 19.6. The van der Waals surface area contributed by atoms with Crippen LogP contribution < -0.4 is 16.0 Å². The molecule has 4 rings (SSSR count). The maximum atomic E-state index is 10.2. The second-order valence-corrected chi connectivity index (χ2v) is 8.06. The lowest BCUT2D eigenvalue weighted by Crippen LogP contribution is -2.43. The van der Waals surface area contributed by atoms with Crippen molar-refractivity contribution in [3.05, 3.63) is 53.7 Å². The van der Waals surface area contributed by atoms with Crippen LogP contribution in [-0.4, -0.2) is 45.4 Å². The lowest BCUT2D eigenvalue weighted by atomic mass is 9.95. The van der Waals surface area contributed by atoms with Gasteiger partial charge in [-0.25, -0.2) is 4.98 Å². The van der Waals surface area contributed by atoms with Crippen LogP contribution in [-0.2, 0) is 6.54 Å². The van der Waals surface area contributed by atoms with Crippen LogP contribution in [0.25, 0.3) is 5.65 Å². The van der Waals surface area contributed by atoms with E-state index < -0.39 is 0 Å². The lowest BCUT2D eigenvalue weighted by Gasteiger charge is -2.28. The van der Waals surface area contributed by atoms with Crippen LogP contribution >= 0.6 is 0 Å². The summed E-state index contributed by atoms with van der Waals surface area (Å²) in [6.07, 6.45) is 2.54. The Balaban J connectivity index is 1.58. The number of hydrogen-bond acceptors (Lipinski definition) is 6. The smallest absolute Gasteiger partial charge is 0.163 e. The molecular formula is C22H30N6O. The summed E-state index contributed by atoms with van der Waals surface area (Å²) in [5.41, 5.74) is 3.20. The first-order chi connectivity index (χ1) is 14.1. The van der Waals surface area contributed by atoms with E-state index in [4.69, 9.17) is 4.98 Å². The number of benzene rings is 1. The molecule has 0 radical (unpaired) electrons. The van der Waals surface area contributed by atoms with Crippen molar-refractivity contribution in [3.8, 4) is 0 Å². The Labute approximate surface area is 171 Å². The number of aliphatic hydroxyl groups is 1. The molecule has 7 nitrogen and oxygen atoms in total. The SMILES string of the molecule is CC(C)c1cnn2c(NCc3ccccc3)cc(NCC3CCNCC3O)nc12. The standard InChI is InChI=1S/C22H30N6O/c1-15(2)18-13-26-28-21(25-11-16-6-4-3-5-7-16)10-20(27-22(18)28)24-12-17-8-9-23-14-19(17)29/h3-7,10,13,15,17,19,23,25,29H,8-9,11-12,14H2,1-2H3,(H,24,27). The van der Waals surface area contributed by atoms with E-state index >= 15 is 0 Å². The zero-order valence-corrected chi connectivity index (χ0v) is 17.1. The average molecular weight is 395 g/mol. The zero-order chi connectivity index (χ0) is 20.2. The fourth-order valence-corrected chi connectivity index (χ4v) is 3.76. The van der Waals surface area contributed by atoms with Gasteiger partial charge in [-0.1, -0.05) is 44.2 Å². The molecule has 1 saturated heterocycles. The average Bonchev–Trinajstić information content (AvgIpc) is 3.16. The van der Waals surface area contributed by atoms with Gasteiger partial charge in [0.15, 0.2) is 5.65 Å². The lowest BCUT2D eigenvalue weighted by molar-refractivity contribution is 0.0883. The third kappa shape index (κ3) is 4.52. The van der Waals surface area contributed by atoms with Crippen molar-refractivity contribution in [1.29, 1.82) is 0 Å². The summed E-state index contributed by atoms with van der Waals surface area (Å²) in [7, 11) is 0. The van der Waals surface area contributed by atoms with Gasteiger partial charge in [0.25, 0.3) is 0 Å². The van der Waals surface area contributed by atoms with Crippen LogP contribution in [0.4, 0.5) is 11.6 Å². The van der Waals surface area contributed by atoms with E-state index in [1.54, 1.807) is 0 Å². The van der Waals surface area contributed by atoms with Crippen LogP contribution in [0.1, 0.15) is 37.3 Å². The van der Waals surface area contributed by atoms with Gasteiger partial charge >= 0.3 is 0 Å². The molecule has 7 heteroatoms. The quantitative estimate of drug-likeness (QED) is 0.493. The molecular weight excluding hydrogens is 364 g/mol. The molecule has 0 spiro atoms. The van der Waals surface area contributed by atoms with Gasteiger partial charge < -0.3 is 21.1 Å². The number of nitrogens with one attached hydrogen (secondary N) is 3.